The van der Waals surface area contributed by atoms with Crippen LogP contribution in [-0.4, -0.2) is 19.3 Å². The summed E-state index contributed by atoms with van der Waals surface area (Å²) in [6.45, 7) is 1.20. The molecule has 0 spiro atoms. The van der Waals surface area contributed by atoms with Crippen molar-refractivity contribution in [2.45, 2.75) is 19.5 Å². The highest BCUT2D eigenvalue weighted by Gasteiger charge is 2.20. The number of hydrogen-bond donors (Lipinski definition) is 0. The van der Waals surface area contributed by atoms with Crippen LogP contribution in [0.3, 0.4) is 0 Å². The standard InChI is InChI=1S/C5H9F2IO2/c1-5(6,7)9-3-2-4-10-8/h2-4H2,1H3. The first-order chi connectivity index (χ1) is 4.56. The van der Waals surface area contributed by atoms with Crippen molar-refractivity contribution >= 4 is 23.0 Å². The Morgan fingerprint density at radius 1 is 1.40 bits per heavy atom. The van der Waals surface area contributed by atoms with Crippen molar-refractivity contribution in [3.8, 4) is 0 Å². The highest BCUT2D eigenvalue weighted by atomic mass is 127. The van der Waals surface area contributed by atoms with E-state index in [-0.39, 0.29) is 6.61 Å². The summed E-state index contributed by atoms with van der Waals surface area (Å²) >= 11 is 1.70. The molecule has 0 aromatic heterocycles. The van der Waals surface area contributed by atoms with Crippen LogP contribution in [0.25, 0.3) is 0 Å². The van der Waals surface area contributed by atoms with Crippen LogP contribution < -0.4 is 0 Å². The third kappa shape index (κ3) is 8.51. The third-order valence-electron chi connectivity index (χ3n) is 0.721. The maximum absolute atomic E-state index is 11.9. The normalized spacial score (nSPS) is 12.0. The first-order valence-electron chi connectivity index (χ1n) is 2.81. The van der Waals surface area contributed by atoms with E-state index in [4.69, 9.17) is 0 Å². The van der Waals surface area contributed by atoms with Gasteiger partial charge in [-0.15, -0.1) is 0 Å². The van der Waals surface area contributed by atoms with Gasteiger partial charge in [0.05, 0.1) is 13.2 Å². The first kappa shape index (κ1) is 10.5. The van der Waals surface area contributed by atoms with Crippen molar-refractivity contribution < 1.29 is 16.6 Å². The Hall–Kier alpha value is 0.510. The van der Waals surface area contributed by atoms with E-state index in [1.165, 1.54) is 0 Å². The van der Waals surface area contributed by atoms with Crippen molar-refractivity contribution in [2.24, 2.45) is 0 Å². The summed E-state index contributed by atoms with van der Waals surface area (Å²) in [6, 6.07) is 0. The van der Waals surface area contributed by atoms with Gasteiger partial charge in [0, 0.05) is 6.92 Å². The Labute approximate surface area is 72.6 Å². The molecule has 0 aromatic rings. The molecule has 5 heteroatoms. The largest absolute Gasteiger partial charge is 0.352 e. The molecule has 0 bridgehead atoms. The zero-order valence-electron chi connectivity index (χ0n) is 5.57. The molecule has 2 nitrogen and oxygen atoms in total. The lowest BCUT2D eigenvalue weighted by atomic mass is 10.5. The topological polar surface area (TPSA) is 18.5 Å². The van der Waals surface area contributed by atoms with Crippen LogP contribution in [0, 0.1) is 0 Å². The van der Waals surface area contributed by atoms with E-state index in [0.717, 1.165) is 6.92 Å². The molecule has 0 aliphatic heterocycles. The maximum atomic E-state index is 11.9. The second-order valence-corrected chi connectivity index (χ2v) is 2.45. The molecular weight excluding hydrogens is 257 g/mol. The van der Waals surface area contributed by atoms with Crippen LogP contribution in [0.5, 0.6) is 0 Å². The summed E-state index contributed by atoms with van der Waals surface area (Å²) in [7, 11) is 0. The molecule has 0 saturated carbocycles. The Morgan fingerprint density at radius 3 is 2.40 bits per heavy atom. The summed E-state index contributed by atoms with van der Waals surface area (Å²) in [5.74, 6) is 0. The van der Waals surface area contributed by atoms with Crippen molar-refractivity contribution in [1.82, 2.24) is 0 Å². The van der Waals surface area contributed by atoms with Gasteiger partial charge in [-0.3, -0.25) is 0 Å². The molecule has 62 valence electrons. The Kier molecular flexibility index (Phi) is 5.46. The van der Waals surface area contributed by atoms with Crippen LogP contribution in [0.1, 0.15) is 13.3 Å². The van der Waals surface area contributed by atoms with Gasteiger partial charge < -0.3 is 7.80 Å². The van der Waals surface area contributed by atoms with E-state index in [0.29, 0.717) is 13.0 Å². The predicted octanol–water partition coefficient (Wildman–Crippen LogP) is 2.37. The third-order valence-corrected chi connectivity index (χ3v) is 1.16. The lowest BCUT2D eigenvalue weighted by Crippen LogP contribution is -2.16. The summed E-state index contributed by atoms with van der Waals surface area (Å²) in [5, 5.41) is 0. The van der Waals surface area contributed by atoms with Crippen LogP contribution in [0.2, 0.25) is 0 Å². The monoisotopic (exact) mass is 266 g/mol. The van der Waals surface area contributed by atoms with Gasteiger partial charge >= 0.3 is 6.11 Å². The molecule has 0 aliphatic rings. The highest BCUT2D eigenvalue weighted by molar-refractivity contribution is 14.1. The van der Waals surface area contributed by atoms with Gasteiger partial charge in [0.25, 0.3) is 0 Å². The van der Waals surface area contributed by atoms with Crippen molar-refractivity contribution in [1.29, 1.82) is 0 Å². The minimum absolute atomic E-state index is 0.0342. The molecule has 0 aliphatic carbocycles. The summed E-state index contributed by atoms with van der Waals surface area (Å²) in [5.41, 5.74) is 0. The van der Waals surface area contributed by atoms with E-state index < -0.39 is 6.11 Å². The first-order valence-corrected chi connectivity index (χ1v) is 3.69. The van der Waals surface area contributed by atoms with Crippen LogP contribution in [-0.2, 0) is 7.80 Å². The molecule has 0 radical (unpaired) electrons. The van der Waals surface area contributed by atoms with E-state index in [1.54, 1.807) is 23.0 Å². The molecule has 0 unspecified atom stereocenters. The molecule has 10 heavy (non-hydrogen) atoms. The van der Waals surface area contributed by atoms with E-state index in [9.17, 15) is 8.78 Å². The minimum atomic E-state index is -3.01. The van der Waals surface area contributed by atoms with Crippen molar-refractivity contribution in [2.75, 3.05) is 13.2 Å². The maximum Gasteiger partial charge on any atom is 0.352 e. The Bertz CT molecular complexity index is 84.2. The number of hydrogen-bond acceptors (Lipinski definition) is 2. The summed E-state index contributed by atoms with van der Waals surface area (Å²) < 4.78 is 32.5. The lowest BCUT2D eigenvalue weighted by molar-refractivity contribution is -0.224. The average molecular weight is 266 g/mol. The van der Waals surface area contributed by atoms with E-state index in [2.05, 4.69) is 7.80 Å². The summed E-state index contributed by atoms with van der Waals surface area (Å²) in [4.78, 5) is 0. The SMILES string of the molecule is CC(F)(F)OCCCOI. The molecule has 0 rings (SSSR count). The molecule has 0 N–H and O–H groups in total. The van der Waals surface area contributed by atoms with Gasteiger partial charge in [-0.05, 0) is 6.42 Å². The molecule has 0 fully saturated rings. The van der Waals surface area contributed by atoms with E-state index >= 15 is 0 Å². The zero-order chi connectivity index (χ0) is 8.04. The summed E-state index contributed by atoms with van der Waals surface area (Å²) in [6.07, 6.45) is -2.52. The number of alkyl halides is 2. The van der Waals surface area contributed by atoms with Gasteiger partial charge in [0.2, 0.25) is 0 Å². The van der Waals surface area contributed by atoms with Crippen LogP contribution in [0.4, 0.5) is 8.78 Å². The van der Waals surface area contributed by atoms with Crippen molar-refractivity contribution in [3.05, 3.63) is 0 Å². The molecule has 0 saturated heterocycles. The Balaban J connectivity index is 3.04. The smallest absolute Gasteiger partial charge is 0.321 e. The molecule has 0 amide bonds. The van der Waals surface area contributed by atoms with Gasteiger partial charge in [0.15, 0.2) is 0 Å². The lowest BCUT2D eigenvalue weighted by Gasteiger charge is -2.09. The van der Waals surface area contributed by atoms with Crippen LogP contribution in [0.15, 0.2) is 0 Å². The average Bonchev–Trinajstić information content (AvgIpc) is 1.78. The fraction of sp³-hybridized carbons (Fsp3) is 1.00. The second-order valence-electron chi connectivity index (χ2n) is 1.82. The van der Waals surface area contributed by atoms with Crippen LogP contribution >= 0.6 is 23.0 Å². The van der Waals surface area contributed by atoms with Gasteiger partial charge in [0.1, 0.15) is 23.0 Å². The number of ether oxygens (including phenoxy) is 1. The second kappa shape index (κ2) is 5.20. The van der Waals surface area contributed by atoms with Gasteiger partial charge in [-0.25, -0.2) is 0 Å². The van der Waals surface area contributed by atoms with E-state index in [1.807, 2.05) is 0 Å². The van der Waals surface area contributed by atoms with Crippen molar-refractivity contribution in [3.63, 3.8) is 0 Å². The fourth-order valence-corrected chi connectivity index (χ4v) is 0.676. The Morgan fingerprint density at radius 2 is 2.00 bits per heavy atom. The number of rotatable bonds is 5. The zero-order valence-corrected chi connectivity index (χ0v) is 7.73. The predicted molar refractivity (Wildman–Crippen MR) is 41.2 cm³/mol. The number of halogens is 3. The quantitative estimate of drug-likeness (QED) is 0.561. The minimum Gasteiger partial charge on any atom is -0.321 e. The molecule has 0 aromatic carbocycles. The van der Waals surface area contributed by atoms with Gasteiger partial charge in [-0.1, -0.05) is 0 Å². The highest BCUT2D eigenvalue weighted by Crippen LogP contribution is 2.12. The molecule has 0 heterocycles. The molecule has 0 atom stereocenters. The fourth-order valence-electron chi connectivity index (χ4n) is 0.365. The molecular formula is C5H9F2IO2. The van der Waals surface area contributed by atoms with Gasteiger partial charge in [-0.2, -0.15) is 8.78 Å².